The van der Waals surface area contributed by atoms with Gasteiger partial charge in [0.05, 0.1) is 6.04 Å². The minimum Gasteiger partial charge on any atom is -0.303 e. The van der Waals surface area contributed by atoms with Crippen molar-refractivity contribution < 1.29 is 0 Å². The van der Waals surface area contributed by atoms with Crippen LogP contribution in [0.25, 0.3) is 0 Å². The summed E-state index contributed by atoms with van der Waals surface area (Å²) in [5, 5.41) is 3.82. The lowest BCUT2D eigenvalue weighted by atomic mass is 9.97. The van der Waals surface area contributed by atoms with Crippen LogP contribution in [-0.2, 0) is 0 Å². The molecule has 2 aromatic carbocycles. The molecule has 0 fully saturated rings. The minimum atomic E-state index is 0.317. The van der Waals surface area contributed by atoms with Gasteiger partial charge in [0.1, 0.15) is 0 Å². The van der Waals surface area contributed by atoms with E-state index in [1.54, 1.807) is 0 Å². The molecule has 2 atom stereocenters. The summed E-state index contributed by atoms with van der Waals surface area (Å²) in [4.78, 5) is 1.42. The molecule has 1 N–H and O–H groups in total. The standard InChI is InChI=1S/C17H19NS/c1-2-14-12-19-16-11-7-6-10-15(16)17(18-14)13-8-4-3-5-9-13/h3-11,14,17-18H,2,12H2,1H3. The topological polar surface area (TPSA) is 12.0 Å². The second kappa shape index (κ2) is 5.81. The van der Waals surface area contributed by atoms with Crippen molar-refractivity contribution >= 4 is 11.8 Å². The zero-order valence-corrected chi connectivity index (χ0v) is 12.0. The van der Waals surface area contributed by atoms with Crippen molar-refractivity contribution in [1.82, 2.24) is 5.32 Å². The maximum absolute atomic E-state index is 3.82. The summed E-state index contributed by atoms with van der Waals surface area (Å²) in [6.45, 7) is 2.26. The van der Waals surface area contributed by atoms with Crippen LogP contribution < -0.4 is 5.32 Å². The van der Waals surface area contributed by atoms with E-state index in [0.717, 1.165) is 5.75 Å². The molecule has 98 valence electrons. The molecule has 19 heavy (non-hydrogen) atoms. The minimum absolute atomic E-state index is 0.317. The highest BCUT2D eigenvalue weighted by Crippen LogP contribution is 2.35. The Morgan fingerprint density at radius 2 is 1.79 bits per heavy atom. The zero-order chi connectivity index (χ0) is 13.1. The first-order valence-electron chi connectivity index (χ1n) is 6.91. The van der Waals surface area contributed by atoms with Crippen LogP contribution in [-0.4, -0.2) is 11.8 Å². The third kappa shape index (κ3) is 2.70. The van der Waals surface area contributed by atoms with Crippen LogP contribution in [0.3, 0.4) is 0 Å². The Morgan fingerprint density at radius 3 is 2.58 bits per heavy atom. The lowest BCUT2D eigenvalue weighted by molar-refractivity contribution is 0.495. The van der Waals surface area contributed by atoms with Gasteiger partial charge in [-0.1, -0.05) is 55.5 Å². The van der Waals surface area contributed by atoms with Crippen molar-refractivity contribution in [2.24, 2.45) is 0 Å². The van der Waals surface area contributed by atoms with Gasteiger partial charge in [-0.3, -0.25) is 0 Å². The van der Waals surface area contributed by atoms with E-state index in [2.05, 4.69) is 66.8 Å². The van der Waals surface area contributed by atoms with Crippen LogP contribution in [0, 0.1) is 0 Å². The Bertz CT molecular complexity index is 538. The van der Waals surface area contributed by atoms with Gasteiger partial charge < -0.3 is 5.32 Å². The highest BCUT2D eigenvalue weighted by Gasteiger charge is 2.24. The van der Waals surface area contributed by atoms with Crippen LogP contribution in [0.1, 0.15) is 30.5 Å². The van der Waals surface area contributed by atoms with Crippen LogP contribution in [0.15, 0.2) is 59.5 Å². The first kappa shape index (κ1) is 12.8. The third-order valence-corrected chi connectivity index (χ3v) is 4.95. The number of hydrogen-bond donors (Lipinski definition) is 1. The molecule has 2 heteroatoms. The molecule has 0 saturated carbocycles. The Labute approximate surface area is 119 Å². The summed E-state index contributed by atoms with van der Waals surface area (Å²) in [5.74, 6) is 1.15. The van der Waals surface area contributed by atoms with Gasteiger partial charge >= 0.3 is 0 Å². The molecule has 0 bridgehead atoms. The number of rotatable bonds is 2. The molecule has 1 heterocycles. The van der Waals surface area contributed by atoms with E-state index >= 15 is 0 Å². The van der Waals surface area contributed by atoms with Gasteiger partial charge in [-0.05, 0) is 23.6 Å². The molecule has 0 radical (unpaired) electrons. The fourth-order valence-corrected chi connectivity index (χ4v) is 3.81. The Hall–Kier alpha value is -1.25. The van der Waals surface area contributed by atoms with Gasteiger partial charge in [-0.15, -0.1) is 11.8 Å². The van der Waals surface area contributed by atoms with Crippen molar-refractivity contribution in [3.05, 3.63) is 65.7 Å². The lowest BCUT2D eigenvalue weighted by Gasteiger charge is -2.23. The van der Waals surface area contributed by atoms with Gasteiger partial charge in [-0.2, -0.15) is 0 Å². The van der Waals surface area contributed by atoms with E-state index in [1.165, 1.54) is 22.4 Å². The smallest absolute Gasteiger partial charge is 0.0590 e. The highest BCUT2D eigenvalue weighted by molar-refractivity contribution is 7.99. The number of benzene rings is 2. The monoisotopic (exact) mass is 269 g/mol. The van der Waals surface area contributed by atoms with Crippen LogP contribution in [0.2, 0.25) is 0 Å². The lowest BCUT2D eigenvalue weighted by Crippen LogP contribution is -2.33. The average molecular weight is 269 g/mol. The van der Waals surface area contributed by atoms with Crippen molar-refractivity contribution in [3.8, 4) is 0 Å². The first-order valence-corrected chi connectivity index (χ1v) is 7.89. The van der Waals surface area contributed by atoms with Gasteiger partial charge in [0.25, 0.3) is 0 Å². The summed E-state index contributed by atoms with van der Waals surface area (Å²) in [6, 6.07) is 20.4. The molecule has 1 nitrogen and oxygen atoms in total. The van der Waals surface area contributed by atoms with Gasteiger partial charge in [0.15, 0.2) is 0 Å². The molecule has 0 aromatic heterocycles. The molecule has 2 unspecified atom stereocenters. The summed E-state index contributed by atoms with van der Waals surface area (Å²) in [6.07, 6.45) is 1.17. The maximum Gasteiger partial charge on any atom is 0.0590 e. The van der Waals surface area contributed by atoms with Crippen molar-refractivity contribution in [2.75, 3.05) is 5.75 Å². The first-order chi connectivity index (χ1) is 9.38. The average Bonchev–Trinajstić information content (AvgIpc) is 2.68. The second-order valence-electron chi connectivity index (χ2n) is 4.96. The fourth-order valence-electron chi connectivity index (χ4n) is 2.57. The van der Waals surface area contributed by atoms with Crippen molar-refractivity contribution in [2.45, 2.75) is 30.3 Å². The van der Waals surface area contributed by atoms with E-state index in [9.17, 15) is 0 Å². The van der Waals surface area contributed by atoms with Crippen LogP contribution in [0.5, 0.6) is 0 Å². The normalized spacial score (nSPS) is 22.6. The molecular weight excluding hydrogens is 250 g/mol. The van der Waals surface area contributed by atoms with Gasteiger partial charge in [0.2, 0.25) is 0 Å². The molecule has 2 aromatic rings. The zero-order valence-electron chi connectivity index (χ0n) is 11.2. The largest absolute Gasteiger partial charge is 0.303 e. The number of nitrogens with one attached hydrogen (secondary N) is 1. The fraction of sp³-hybridized carbons (Fsp3) is 0.294. The summed E-state index contributed by atoms with van der Waals surface area (Å²) < 4.78 is 0. The van der Waals surface area contributed by atoms with E-state index in [0.29, 0.717) is 12.1 Å². The molecule has 0 amide bonds. The summed E-state index contributed by atoms with van der Waals surface area (Å²) in [7, 11) is 0. The second-order valence-corrected chi connectivity index (χ2v) is 6.03. The molecule has 1 aliphatic heterocycles. The predicted octanol–water partition coefficient (Wildman–Crippen LogP) is 4.25. The Morgan fingerprint density at radius 1 is 1.05 bits per heavy atom. The van der Waals surface area contributed by atoms with E-state index < -0.39 is 0 Å². The Kier molecular flexibility index (Phi) is 3.90. The van der Waals surface area contributed by atoms with Crippen molar-refractivity contribution in [3.63, 3.8) is 0 Å². The molecular formula is C17H19NS. The summed E-state index contributed by atoms with van der Waals surface area (Å²) in [5.41, 5.74) is 2.77. The van der Waals surface area contributed by atoms with Crippen molar-refractivity contribution in [1.29, 1.82) is 0 Å². The van der Waals surface area contributed by atoms with E-state index in [1.807, 2.05) is 11.8 Å². The maximum atomic E-state index is 3.82. The molecule has 1 aliphatic rings. The number of thioether (sulfide) groups is 1. The van der Waals surface area contributed by atoms with Gasteiger partial charge in [-0.25, -0.2) is 0 Å². The van der Waals surface area contributed by atoms with E-state index in [-0.39, 0.29) is 0 Å². The predicted molar refractivity (Wildman–Crippen MR) is 82.7 cm³/mol. The third-order valence-electron chi connectivity index (χ3n) is 3.70. The van der Waals surface area contributed by atoms with Crippen LogP contribution in [0.4, 0.5) is 0 Å². The highest BCUT2D eigenvalue weighted by atomic mass is 32.2. The molecule has 0 spiro atoms. The van der Waals surface area contributed by atoms with Gasteiger partial charge in [0, 0.05) is 16.7 Å². The number of fused-ring (bicyclic) bond motifs is 1. The Balaban J connectivity index is 2.04. The SMILES string of the molecule is CCC1CSc2ccccc2C(c2ccccc2)N1. The summed E-state index contributed by atoms with van der Waals surface area (Å²) >= 11 is 1.98. The van der Waals surface area contributed by atoms with Crippen LogP contribution >= 0.6 is 11.8 Å². The number of hydrogen-bond acceptors (Lipinski definition) is 2. The molecule has 0 aliphatic carbocycles. The molecule has 0 saturated heterocycles. The molecule has 3 rings (SSSR count). The van der Waals surface area contributed by atoms with E-state index in [4.69, 9.17) is 0 Å². The quantitative estimate of drug-likeness (QED) is 0.874.